The molecule has 2 atom stereocenters. The van der Waals surface area contributed by atoms with Crippen molar-refractivity contribution in [2.45, 2.75) is 31.4 Å². The molecule has 2 aromatic heterocycles. The zero-order valence-corrected chi connectivity index (χ0v) is 17.5. The Hall–Kier alpha value is -2.90. The topological polar surface area (TPSA) is 82.5 Å². The molecule has 1 amide bonds. The summed E-state index contributed by atoms with van der Waals surface area (Å²) in [6.45, 7) is 3.02. The fourth-order valence-corrected chi connectivity index (χ4v) is 5.01. The first-order valence-electron chi connectivity index (χ1n) is 11.0. The number of benzene rings is 1. The minimum atomic E-state index is -0.328. The Morgan fingerprint density at radius 3 is 2.68 bits per heavy atom. The molecule has 31 heavy (non-hydrogen) atoms. The normalized spacial score (nSPS) is 22.8. The Balaban J connectivity index is 1.20. The zero-order valence-electron chi connectivity index (χ0n) is 17.5. The minimum absolute atomic E-state index is 0.0459. The smallest absolute Gasteiger partial charge is 0.274 e. The Kier molecular flexibility index (Phi) is 5.61. The molecule has 7 nitrogen and oxygen atoms in total. The van der Waals surface area contributed by atoms with Gasteiger partial charge in [-0.25, -0.2) is 4.98 Å². The van der Waals surface area contributed by atoms with Gasteiger partial charge in [-0.2, -0.15) is 0 Å². The molecule has 0 radical (unpaired) electrons. The molecular formula is C24H27N5O2. The maximum atomic E-state index is 12.6. The van der Waals surface area contributed by atoms with Crippen LogP contribution in [0.25, 0.3) is 10.9 Å². The molecule has 2 aliphatic rings. The second-order valence-electron chi connectivity index (χ2n) is 8.59. The van der Waals surface area contributed by atoms with E-state index in [9.17, 15) is 9.90 Å². The molecule has 2 fully saturated rings. The molecular weight excluding hydrogens is 390 g/mol. The van der Waals surface area contributed by atoms with Gasteiger partial charge in [-0.3, -0.25) is 19.7 Å². The van der Waals surface area contributed by atoms with Crippen LogP contribution in [0.2, 0.25) is 0 Å². The van der Waals surface area contributed by atoms with E-state index in [0.717, 1.165) is 31.3 Å². The van der Waals surface area contributed by atoms with Crippen molar-refractivity contribution >= 4 is 16.8 Å². The van der Waals surface area contributed by atoms with Crippen molar-refractivity contribution in [3.05, 3.63) is 66.4 Å². The molecule has 0 aliphatic carbocycles. The van der Waals surface area contributed by atoms with Crippen LogP contribution >= 0.6 is 0 Å². The van der Waals surface area contributed by atoms with Crippen LogP contribution in [0, 0.1) is 5.92 Å². The monoisotopic (exact) mass is 417 g/mol. The van der Waals surface area contributed by atoms with Crippen LogP contribution < -0.4 is 0 Å². The van der Waals surface area contributed by atoms with E-state index in [4.69, 9.17) is 0 Å². The molecule has 5 rings (SSSR count). The number of aliphatic hydroxyl groups is 1. The number of likely N-dealkylation sites (tertiary alicyclic amines) is 2. The van der Waals surface area contributed by atoms with Gasteiger partial charge in [-0.1, -0.05) is 18.2 Å². The fraction of sp³-hybridized carbons (Fsp3) is 0.417. The first-order chi connectivity index (χ1) is 15.2. The van der Waals surface area contributed by atoms with Crippen molar-refractivity contribution < 1.29 is 9.90 Å². The highest BCUT2D eigenvalue weighted by Crippen LogP contribution is 2.29. The van der Waals surface area contributed by atoms with Crippen LogP contribution in [0.5, 0.6) is 0 Å². The van der Waals surface area contributed by atoms with Crippen LogP contribution in [-0.2, 0) is 6.42 Å². The number of rotatable bonds is 4. The third-order valence-electron chi connectivity index (χ3n) is 6.71. The lowest BCUT2D eigenvalue weighted by atomic mass is 9.94. The predicted molar refractivity (Wildman–Crippen MR) is 117 cm³/mol. The van der Waals surface area contributed by atoms with Gasteiger partial charge in [0.2, 0.25) is 0 Å². The summed E-state index contributed by atoms with van der Waals surface area (Å²) in [5.74, 6) is 0.167. The van der Waals surface area contributed by atoms with Gasteiger partial charge in [-0.15, -0.1) is 0 Å². The van der Waals surface area contributed by atoms with Gasteiger partial charge in [0.1, 0.15) is 5.69 Å². The second kappa shape index (κ2) is 8.69. The minimum Gasteiger partial charge on any atom is -0.391 e. The second-order valence-corrected chi connectivity index (χ2v) is 8.59. The van der Waals surface area contributed by atoms with Crippen molar-refractivity contribution in [3.8, 4) is 0 Å². The molecule has 0 unspecified atom stereocenters. The number of carbonyl (C=O) groups is 1. The van der Waals surface area contributed by atoms with E-state index in [0.29, 0.717) is 31.4 Å². The lowest BCUT2D eigenvalue weighted by Gasteiger charge is -2.36. The lowest BCUT2D eigenvalue weighted by molar-refractivity contribution is 0.0621. The highest BCUT2D eigenvalue weighted by Gasteiger charge is 2.37. The van der Waals surface area contributed by atoms with E-state index in [1.165, 1.54) is 17.1 Å². The SMILES string of the molecule is O=C(c1cnccn1)N1CCC(N2C[C@@H](Cc3ccnc4ccccc34)[C@@H](O)C2)CC1. The highest BCUT2D eigenvalue weighted by molar-refractivity contribution is 5.92. The largest absolute Gasteiger partial charge is 0.391 e. The maximum Gasteiger partial charge on any atom is 0.274 e. The summed E-state index contributed by atoms with van der Waals surface area (Å²) in [6, 6.07) is 10.7. The third kappa shape index (κ3) is 4.16. The van der Waals surface area contributed by atoms with E-state index in [-0.39, 0.29) is 17.9 Å². The van der Waals surface area contributed by atoms with Crippen molar-refractivity contribution in [2.24, 2.45) is 5.92 Å². The van der Waals surface area contributed by atoms with Crippen molar-refractivity contribution in [1.82, 2.24) is 24.8 Å². The third-order valence-corrected chi connectivity index (χ3v) is 6.71. The lowest BCUT2D eigenvalue weighted by Crippen LogP contribution is -2.46. The van der Waals surface area contributed by atoms with E-state index in [1.807, 2.05) is 29.3 Å². The van der Waals surface area contributed by atoms with Gasteiger partial charge < -0.3 is 10.0 Å². The van der Waals surface area contributed by atoms with Crippen molar-refractivity contribution in [3.63, 3.8) is 0 Å². The number of aromatic nitrogens is 3. The molecule has 1 N–H and O–H groups in total. The van der Waals surface area contributed by atoms with E-state index in [2.05, 4.69) is 32.0 Å². The first-order valence-corrected chi connectivity index (χ1v) is 11.0. The first kappa shape index (κ1) is 20.0. The molecule has 2 aliphatic heterocycles. The average Bonchev–Trinajstić information content (AvgIpc) is 3.19. The summed E-state index contributed by atoms with van der Waals surface area (Å²) in [6.07, 6.45) is 8.88. The van der Waals surface area contributed by atoms with Crippen molar-refractivity contribution in [1.29, 1.82) is 0 Å². The summed E-state index contributed by atoms with van der Waals surface area (Å²) in [4.78, 5) is 29.5. The molecule has 0 saturated carbocycles. The molecule has 2 saturated heterocycles. The number of hydrogen-bond acceptors (Lipinski definition) is 6. The summed E-state index contributed by atoms with van der Waals surface area (Å²) in [7, 11) is 0. The zero-order chi connectivity index (χ0) is 21.2. The summed E-state index contributed by atoms with van der Waals surface area (Å²) < 4.78 is 0. The van der Waals surface area contributed by atoms with Gasteiger partial charge >= 0.3 is 0 Å². The van der Waals surface area contributed by atoms with Crippen LogP contribution in [0.4, 0.5) is 0 Å². The number of aliphatic hydroxyl groups excluding tert-OH is 1. The number of pyridine rings is 1. The number of hydrogen-bond donors (Lipinski definition) is 1. The fourth-order valence-electron chi connectivity index (χ4n) is 5.01. The molecule has 1 aromatic carbocycles. The van der Waals surface area contributed by atoms with E-state index in [1.54, 1.807) is 12.4 Å². The number of nitrogens with zero attached hydrogens (tertiary/aromatic N) is 5. The number of para-hydroxylation sites is 1. The molecule has 0 spiro atoms. The van der Waals surface area contributed by atoms with Crippen LogP contribution in [0.3, 0.4) is 0 Å². The Labute approximate surface area is 181 Å². The van der Waals surface area contributed by atoms with Crippen molar-refractivity contribution in [2.75, 3.05) is 26.2 Å². The number of β-amino-alcohol motifs (C(OH)–C–C–N with tert-alkyl or cyclic N) is 1. The molecule has 7 heteroatoms. The Morgan fingerprint density at radius 1 is 1.03 bits per heavy atom. The molecule has 3 aromatic rings. The summed E-state index contributed by atoms with van der Waals surface area (Å²) in [5.41, 5.74) is 2.66. The van der Waals surface area contributed by atoms with Gasteiger partial charge in [0.15, 0.2) is 0 Å². The van der Waals surface area contributed by atoms with E-state index >= 15 is 0 Å². The number of fused-ring (bicyclic) bond motifs is 1. The van der Waals surface area contributed by atoms with Crippen LogP contribution in [0.1, 0.15) is 28.9 Å². The van der Waals surface area contributed by atoms with E-state index < -0.39 is 0 Å². The number of piperidine rings is 1. The number of carbonyl (C=O) groups excluding carboxylic acids is 1. The quantitative estimate of drug-likeness (QED) is 0.701. The molecule has 0 bridgehead atoms. The van der Waals surface area contributed by atoms with Gasteiger partial charge in [0.05, 0.1) is 17.8 Å². The van der Waals surface area contributed by atoms with Gasteiger partial charge in [-0.05, 0) is 37.0 Å². The Bertz CT molecular complexity index is 1050. The van der Waals surface area contributed by atoms with Gasteiger partial charge in [0, 0.05) is 62.1 Å². The van der Waals surface area contributed by atoms with Crippen LogP contribution in [-0.4, -0.2) is 74.1 Å². The standard InChI is InChI=1S/C24H27N5O2/c30-23-16-29(15-18(23)13-17-5-8-26-21-4-2-1-3-20(17)21)19-6-11-28(12-7-19)24(31)22-14-25-9-10-27-22/h1-5,8-10,14,18-19,23,30H,6-7,11-13,15-16H2/t18-,23+/m1/s1. The van der Waals surface area contributed by atoms with Crippen LogP contribution in [0.15, 0.2) is 55.1 Å². The summed E-state index contributed by atoms with van der Waals surface area (Å²) >= 11 is 0. The highest BCUT2D eigenvalue weighted by atomic mass is 16.3. The average molecular weight is 418 g/mol. The summed E-state index contributed by atoms with van der Waals surface area (Å²) in [5, 5.41) is 11.9. The Morgan fingerprint density at radius 2 is 1.87 bits per heavy atom. The molecule has 4 heterocycles. The number of amides is 1. The van der Waals surface area contributed by atoms with Gasteiger partial charge in [0.25, 0.3) is 5.91 Å². The molecule has 160 valence electrons. The maximum absolute atomic E-state index is 12.6. The predicted octanol–water partition coefficient (Wildman–Crippen LogP) is 2.16.